The van der Waals surface area contributed by atoms with Crippen LogP contribution in [0, 0.1) is 5.82 Å². The van der Waals surface area contributed by atoms with Gasteiger partial charge in [0.05, 0.1) is 19.3 Å². The van der Waals surface area contributed by atoms with E-state index in [1.807, 2.05) is 0 Å². The highest BCUT2D eigenvalue weighted by Crippen LogP contribution is 2.19. The van der Waals surface area contributed by atoms with E-state index in [-0.39, 0.29) is 24.1 Å². The molecule has 1 unspecified atom stereocenters. The maximum absolute atomic E-state index is 12.9. The number of carbonyl (C=O) groups excluding carboxylic acids is 1. The van der Waals surface area contributed by atoms with Crippen molar-refractivity contribution in [3.63, 3.8) is 0 Å². The number of ether oxygens (including phenoxy) is 1. The third-order valence-electron chi connectivity index (χ3n) is 2.69. The van der Waals surface area contributed by atoms with Crippen LogP contribution in [-0.4, -0.2) is 31.6 Å². The first-order chi connectivity index (χ1) is 8.16. The molecule has 1 aromatic carbocycles. The molecule has 0 aromatic heterocycles. The van der Waals surface area contributed by atoms with E-state index in [4.69, 9.17) is 4.74 Å². The molecule has 1 heterocycles. The average Bonchev–Trinajstić information content (AvgIpc) is 2.34. The minimum absolute atomic E-state index is 0.0667. The van der Waals surface area contributed by atoms with Crippen molar-refractivity contribution in [1.82, 2.24) is 5.32 Å². The van der Waals surface area contributed by atoms with E-state index in [0.717, 1.165) is 5.56 Å². The Morgan fingerprint density at radius 3 is 3.06 bits per heavy atom. The normalized spacial score (nSPS) is 20.2. The average molecular weight is 302 g/mol. The second-order valence-electron chi connectivity index (χ2n) is 3.96. The molecule has 1 saturated heterocycles. The zero-order valence-electron chi connectivity index (χ0n) is 9.21. The minimum Gasteiger partial charge on any atom is -0.378 e. The van der Waals surface area contributed by atoms with Gasteiger partial charge in [0.2, 0.25) is 0 Å². The highest BCUT2D eigenvalue weighted by molar-refractivity contribution is 9.10. The van der Waals surface area contributed by atoms with Crippen molar-refractivity contribution in [2.75, 3.05) is 19.8 Å². The van der Waals surface area contributed by atoms with Gasteiger partial charge in [0, 0.05) is 17.4 Å². The summed E-state index contributed by atoms with van der Waals surface area (Å²) in [6.07, 6.45) is 0.280. The standard InChI is InChI=1S/C12H13BrFNO2/c13-10-6-9(14)2-1-8(10)5-12(16)11-7-17-4-3-15-11/h1-2,6,11,15H,3-5,7H2. The van der Waals surface area contributed by atoms with Gasteiger partial charge in [-0.3, -0.25) is 4.79 Å². The van der Waals surface area contributed by atoms with Gasteiger partial charge in [0.1, 0.15) is 5.82 Å². The molecule has 17 heavy (non-hydrogen) atoms. The molecule has 3 nitrogen and oxygen atoms in total. The topological polar surface area (TPSA) is 38.3 Å². The van der Waals surface area contributed by atoms with Crippen molar-refractivity contribution in [3.05, 3.63) is 34.1 Å². The summed E-state index contributed by atoms with van der Waals surface area (Å²) < 4.78 is 18.8. The quantitative estimate of drug-likeness (QED) is 0.923. The highest BCUT2D eigenvalue weighted by Gasteiger charge is 2.21. The van der Waals surface area contributed by atoms with E-state index < -0.39 is 0 Å². The predicted octanol–water partition coefficient (Wildman–Crippen LogP) is 1.69. The van der Waals surface area contributed by atoms with Gasteiger partial charge in [-0.05, 0) is 17.7 Å². The molecule has 5 heteroatoms. The van der Waals surface area contributed by atoms with Crippen molar-refractivity contribution in [2.24, 2.45) is 0 Å². The zero-order chi connectivity index (χ0) is 12.3. The molecule has 0 bridgehead atoms. The fourth-order valence-electron chi connectivity index (χ4n) is 1.75. The van der Waals surface area contributed by atoms with Crippen molar-refractivity contribution < 1.29 is 13.9 Å². The Kier molecular flexibility index (Phi) is 4.25. The lowest BCUT2D eigenvalue weighted by molar-refractivity contribution is -0.123. The second kappa shape index (κ2) is 5.71. The van der Waals surface area contributed by atoms with Gasteiger partial charge < -0.3 is 10.1 Å². The zero-order valence-corrected chi connectivity index (χ0v) is 10.8. The Hall–Kier alpha value is -0.780. The molecule has 1 fully saturated rings. The largest absolute Gasteiger partial charge is 0.378 e. The summed E-state index contributed by atoms with van der Waals surface area (Å²) >= 11 is 3.26. The summed E-state index contributed by atoms with van der Waals surface area (Å²) in [6, 6.07) is 4.10. The van der Waals surface area contributed by atoms with E-state index in [1.54, 1.807) is 6.07 Å². The Morgan fingerprint density at radius 2 is 2.41 bits per heavy atom. The summed E-state index contributed by atoms with van der Waals surface area (Å²) in [5.74, 6) is -0.246. The first kappa shape index (κ1) is 12.7. The number of benzene rings is 1. The van der Waals surface area contributed by atoms with E-state index in [2.05, 4.69) is 21.2 Å². The molecule has 92 valence electrons. The maximum atomic E-state index is 12.9. The van der Waals surface area contributed by atoms with Crippen LogP contribution in [0.3, 0.4) is 0 Å². The first-order valence-electron chi connectivity index (χ1n) is 5.44. The van der Waals surface area contributed by atoms with Crippen LogP contribution in [0.5, 0.6) is 0 Å². The number of ketones is 1. The molecule has 1 aliphatic heterocycles. The molecule has 0 aliphatic carbocycles. The Morgan fingerprint density at radius 1 is 1.59 bits per heavy atom. The van der Waals surface area contributed by atoms with Gasteiger partial charge in [-0.1, -0.05) is 22.0 Å². The lowest BCUT2D eigenvalue weighted by Gasteiger charge is -2.22. The van der Waals surface area contributed by atoms with Crippen molar-refractivity contribution in [2.45, 2.75) is 12.5 Å². The lowest BCUT2D eigenvalue weighted by Crippen LogP contribution is -2.47. The van der Waals surface area contributed by atoms with Crippen LogP contribution < -0.4 is 5.32 Å². The molecule has 1 aliphatic rings. The Balaban J connectivity index is 2.02. The molecule has 1 atom stereocenters. The number of hydrogen-bond acceptors (Lipinski definition) is 3. The maximum Gasteiger partial charge on any atom is 0.156 e. The van der Waals surface area contributed by atoms with Crippen molar-refractivity contribution in [1.29, 1.82) is 0 Å². The minimum atomic E-state index is -0.313. The number of hydrogen-bond donors (Lipinski definition) is 1. The van der Waals surface area contributed by atoms with Gasteiger partial charge in [-0.25, -0.2) is 4.39 Å². The highest BCUT2D eigenvalue weighted by atomic mass is 79.9. The molecule has 1 aromatic rings. The number of rotatable bonds is 3. The number of nitrogens with one attached hydrogen (secondary N) is 1. The third-order valence-corrected chi connectivity index (χ3v) is 3.43. The molecule has 0 amide bonds. The molecule has 0 spiro atoms. The van der Waals surface area contributed by atoms with E-state index in [9.17, 15) is 9.18 Å². The fraction of sp³-hybridized carbons (Fsp3) is 0.417. The van der Waals surface area contributed by atoms with Gasteiger partial charge >= 0.3 is 0 Å². The van der Waals surface area contributed by atoms with Crippen molar-refractivity contribution >= 4 is 21.7 Å². The van der Waals surface area contributed by atoms with Gasteiger partial charge in [0.15, 0.2) is 5.78 Å². The first-order valence-corrected chi connectivity index (χ1v) is 6.24. The molecular formula is C12H13BrFNO2. The Bertz CT molecular complexity index is 419. The monoisotopic (exact) mass is 301 g/mol. The van der Waals surface area contributed by atoms with Crippen molar-refractivity contribution in [3.8, 4) is 0 Å². The van der Waals surface area contributed by atoms with Crippen LogP contribution in [-0.2, 0) is 16.0 Å². The molecule has 2 rings (SSSR count). The van der Waals surface area contributed by atoms with Crippen LogP contribution >= 0.6 is 15.9 Å². The molecule has 0 radical (unpaired) electrons. The molecule has 1 N–H and O–H groups in total. The van der Waals surface area contributed by atoms with Crippen LogP contribution in [0.25, 0.3) is 0 Å². The SMILES string of the molecule is O=C(Cc1ccc(F)cc1Br)C1COCCN1. The third kappa shape index (κ3) is 3.34. The second-order valence-corrected chi connectivity index (χ2v) is 4.81. The predicted molar refractivity (Wildman–Crippen MR) is 65.4 cm³/mol. The lowest BCUT2D eigenvalue weighted by atomic mass is 10.0. The van der Waals surface area contributed by atoms with E-state index in [1.165, 1.54) is 12.1 Å². The van der Waals surface area contributed by atoms with Crippen LogP contribution in [0.1, 0.15) is 5.56 Å². The van der Waals surface area contributed by atoms with Gasteiger partial charge in [-0.15, -0.1) is 0 Å². The summed E-state index contributed by atoms with van der Waals surface area (Å²) in [4.78, 5) is 11.9. The van der Waals surface area contributed by atoms with E-state index >= 15 is 0 Å². The number of carbonyl (C=O) groups is 1. The van der Waals surface area contributed by atoms with Crippen LogP contribution in [0.2, 0.25) is 0 Å². The Labute approximate surface area is 107 Å². The van der Waals surface area contributed by atoms with Gasteiger partial charge in [-0.2, -0.15) is 0 Å². The number of morpholine rings is 1. The summed E-state index contributed by atoms with van der Waals surface area (Å²) in [5, 5.41) is 3.11. The summed E-state index contributed by atoms with van der Waals surface area (Å²) in [5.41, 5.74) is 0.795. The van der Waals surface area contributed by atoms with Gasteiger partial charge in [0.25, 0.3) is 0 Å². The van der Waals surface area contributed by atoms with E-state index in [0.29, 0.717) is 24.2 Å². The number of halogens is 2. The number of Topliss-reactive ketones (excluding diaryl/α,β-unsaturated/α-hetero) is 1. The summed E-state index contributed by atoms with van der Waals surface area (Å²) in [7, 11) is 0. The molecule has 0 saturated carbocycles. The fourth-order valence-corrected chi connectivity index (χ4v) is 2.24. The molecular weight excluding hydrogens is 289 g/mol. The summed E-state index contributed by atoms with van der Waals surface area (Å²) in [6.45, 7) is 1.75. The van der Waals surface area contributed by atoms with Crippen LogP contribution in [0.15, 0.2) is 22.7 Å². The van der Waals surface area contributed by atoms with Crippen LogP contribution in [0.4, 0.5) is 4.39 Å². The smallest absolute Gasteiger partial charge is 0.156 e.